The van der Waals surface area contributed by atoms with Gasteiger partial charge in [0.05, 0.1) is 30.3 Å². The molecule has 1 heterocycles. The number of benzene rings is 2. The zero-order valence-electron chi connectivity index (χ0n) is 27.5. The number of nitrogens with zero attached hydrogens (tertiary/aromatic N) is 2. The average Bonchev–Trinajstić information content (AvgIpc) is 3.37. The lowest BCUT2D eigenvalue weighted by Gasteiger charge is -2.36. The van der Waals surface area contributed by atoms with Gasteiger partial charge in [0, 0.05) is 39.3 Å². The first-order valence-corrected chi connectivity index (χ1v) is 16.6. The molecule has 0 bridgehead atoms. The van der Waals surface area contributed by atoms with Crippen LogP contribution < -0.4 is 10.2 Å². The molecule has 2 aromatic carbocycles. The van der Waals surface area contributed by atoms with Crippen molar-refractivity contribution in [2.75, 3.05) is 45.3 Å². The van der Waals surface area contributed by atoms with Crippen molar-refractivity contribution in [3.63, 3.8) is 0 Å². The molecule has 2 N–H and O–H groups in total. The zero-order chi connectivity index (χ0) is 32.8. The minimum Gasteiger partial charge on any atom is -0.444 e. The molecule has 0 aromatic heterocycles. The van der Waals surface area contributed by atoms with Crippen LogP contribution in [0.15, 0.2) is 59.5 Å². The molecule has 0 aliphatic carbocycles. The smallest absolute Gasteiger partial charge is 0.407 e. The van der Waals surface area contributed by atoms with Crippen LogP contribution in [0.5, 0.6) is 0 Å². The zero-order valence-corrected chi connectivity index (χ0v) is 28.3. The third kappa shape index (κ3) is 10.7. The minimum absolute atomic E-state index is 0.124. The second-order valence-corrected chi connectivity index (χ2v) is 15.6. The number of aliphatic hydroxyl groups is 1. The normalized spacial score (nSPS) is 16.9. The van der Waals surface area contributed by atoms with E-state index in [1.54, 1.807) is 39.0 Å². The highest BCUT2D eigenvalue weighted by molar-refractivity contribution is 7.89. The summed E-state index contributed by atoms with van der Waals surface area (Å²) in [7, 11) is -0.366. The summed E-state index contributed by atoms with van der Waals surface area (Å²) < 4.78 is 46.9. The fourth-order valence-electron chi connectivity index (χ4n) is 5.09. The third-order valence-electron chi connectivity index (χ3n) is 7.59. The predicted octanol–water partition coefficient (Wildman–Crippen LogP) is 4.81. The highest BCUT2D eigenvalue weighted by Crippen LogP contribution is 2.34. The van der Waals surface area contributed by atoms with E-state index in [0.29, 0.717) is 26.1 Å². The molecule has 11 heteroatoms. The molecule has 10 nitrogen and oxygen atoms in total. The topological polar surface area (TPSA) is 118 Å². The number of carbonyl (C=O) groups is 1. The van der Waals surface area contributed by atoms with E-state index in [1.165, 1.54) is 4.31 Å². The average molecular weight is 634 g/mol. The van der Waals surface area contributed by atoms with Gasteiger partial charge in [0.2, 0.25) is 10.0 Å². The summed E-state index contributed by atoms with van der Waals surface area (Å²) in [5.74, 6) is -0.710. The van der Waals surface area contributed by atoms with Gasteiger partial charge in [0.1, 0.15) is 5.60 Å². The van der Waals surface area contributed by atoms with Gasteiger partial charge in [-0.1, -0.05) is 50.2 Å². The summed E-state index contributed by atoms with van der Waals surface area (Å²) in [6.07, 6.45) is -0.446. The number of aliphatic hydroxyl groups excluding tert-OH is 1. The van der Waals surface area contributed by atoms with Gasteiger partial charge in [-0.05, 0) is 69.7 Å². The number of hydrogen-bond donors (Lipinski definition) is 2. The van der Waals surface area contributed by atoms with Crippen LogP contribution in [0.25, 0.3) is 0 Å². The van der Waals surface area contributed by atoms with Crippen LogP contribution in [-0.2, 0) is 30.7 Å². The van der Waals surface area contributed by atoms with E-state index in [1.807, 2.05) is 76.2 Å². The first kappa shape index (κ1) is 35.8. The fourth-order valence-corrected chi connectivity index (χ4v) is 6.77. The van der Waals surface area contributed by atoms with Crippen molar-refractivity contribution in [1.82, 2.24) is 9.62 Å². The molecule has 1 aliphatic heterocycles. The Kier molecular flexibility index (Phi) is 11.9. The quantitative estimate of drug-likeness (QED) is 0.305. The number of hydrogen-bond acceptors (Lipinski definition) is 8. The van der Waals surface area contributed by atoms with Crippen molar-refractivity contribution in [2.24, 2.45) is 5.41 Å². The minimum atomic E-state index is -4.06. The molecule has 246 valence electrons. The van der Waals surface area contributed by atoms with Gasteiger partial charge in [-0.25, -0.2) is 13.2 Å². The van der Waals surface area contributed by atoms with E-state index in [9.17, 15) is 18.3 Å². The van der Waals surface area contributed by atoms with Crippen LogP contribution in [0.1, 0.15) is 59.9 Å². The predicted molar refractivity (Wildman–Crippen MR) is 172 cm³/mol. The van der Waals surface area contributed by atoms with Crippen molar-refractivity contribution < 1.29 is 32.5 Å². The molecule has 3 rings (SSSR count). The van der Waals surface area contributed by atoms with Crippen LogP contribution >= 0.6 is 0 Å². The van der Waals surface area contributed by atoms with E-state index >= 15 is 0 Å². The van der Waals surface area contributed by atoms with Crippen LogP contribution in [0, 0.1) is 5.41 Å². The van der Waals surface area contributed by atoms with E-state index in [0.717, 1.165) is 11.3 Å². The van der Waals surface area contributed by atoms with E-state index in [4.69, 9.17) is 14.2 Å². The van der Waals surface area contributed by atoms with E-state index < -0.39 is 45.1 Å². The molecule has 1 amide bonds. The monoisotopic (exact) mass is 633 g/mol. The lowest BCUT2D eigenvalue weighted by molar-refractivity contribution is -0.151. The SMILES string of the molecule is CN(C)c1cccc(S(=O)(=O)N(C[C@@H](O)[C@H](Cc2ccccc2)NC(=O)OC(C)(C)C)CC(C)(C)CCC2(C)OCCO2)c1. The second-order valence-electron chi connectivity index (χ2n) is 13.7. The van der Waals surface area contributed by atoms with Gasteiger partial charge in [0.15, 0.2) is 5.79 Å². The molecule has 0 spiro atoms. The Bertz CT molecular complexity index is 1320. The van der Waals surface area contributed by atoms with Crippen molar-refractivity contribution >= 4 is 21.8 Å². The highest BCUT2D eigenvalue weighted by Gasteiger charge is 2.38. The Morgan fingerprint density at radius 1 is 1.05 bits per heavy atom. The van der Waals surface area contributed by atoms with Crippen molar-refractivity contribution in [1.29, 1.82) is 0 Å². The Hall–Kier alpha value is -2.70. The first-order valence-electron chi connectivity index (χ1n) is 15.2. The molecule has 1 aliphatic rings. The number of anilines is 1. The molecular weight excluding hydrogens is 582 g/mol. The van der Waals surface area contributed by atoms with Gasteiger partial charge in [-0.15, -0.1) is 0 Å². The van der Waals surface area contributed by atoms with Gasteiger partial charge in [-0.3, -0.25) is 0 Å². The van der Waals surface area contributed by atoms with Crippen LogP contribution in [0.2, 0.25) is 0 Å². The van der Waals surface area contributed by atoms with Crippen LogP contribution in [0.3, 0.4) is 0 Å². The largest absolute Gasteiger partial charge is 0.444 e. The molecule has 0 saturated carbocycles. The Morgan fingerprint density at radius 3 is 2.27 bits per heavy atom. The summed E-state index contributed by atoms with van der Waals surface area (Å²) in [6.45, 7) is 12.1. The van der Waals surface area contributed by atoms with Crippen molar-refractivity contribution in [2.45, 2.75) is 89.2 Å². The number of nitrogens with one attached hydrogen (secondary N) is 1. The lowest BCUT2D eigenvalue weighted by Crippen LogP contribution is -2.52. The Labute approximate surface area is 263 Å². The fraction of sp³-hybridized carbons (Fsp3) is 0.606. The van der Waals surface area contributed by atoms with Gasteiger partial charge < -0.3 is 29.5 Å². The van der Waals surface area contributed by atoms with Crippen molar-refractivity contribution in [3.05, 3.63) is 60.2 Å². The summed E-state index contributed by atoms with van der Waals surface area (Å²) >= 11 is 0. The Morgan fingerprint density at radius 2 is 1.68 bits per heavy atom. The molecular formula is C33H51N3O7S. The molecule has 0 radical (unpaired) electrons. The third-order valence-corrected chi connectivity index (χ3v) is 9.39. The van der Waals surface area contributed by atoms with E-state index in [-0.39, 0.29) is 24.4 Å². The van der Waals surface area contributed by atoms with Crippen LogP contribution in [-0.4, -0.2) is 87.9 Å². The Balaban J connectivity index is 1.93. The number of ether oxygens (including phenoxy) is 3. The summed E-state index contributed by atoms with van der Waals surface area (Å²) in [4.78, 5) is 14.8. The number of carbonyl (C=O) groups excluding carboxylic acids is 1. The number of sulfonamides is 1. The molecule has 0 unspecified atom stereocenters. The summed E-state index contributed by atoms with van der Waals surface area (Å²) in [6, 6.07) is 15.4. The molecule has 2 atom stereocenters. The molecule has 1 fully saturated rings. The molecule has 1 saturated heterocycles. The van der Waals surface area contributed by atoms with Crippen LogP contribution in [0.4, 0.5) is 10.5 Å². The van der Waals surface area contributed by atoms with E-state index in [2.05, 4.69) is 5.32 Å². The first-order chi connectivity index (χ1) is 20.4. The number of rotatable bonds is 14. The summed E-state index contributed by atoms with van der Waals surface area (Å²) in [5, 5.41) is 14.5. The molecule has 44 heavy (non-hydrogen) atoms. The number of amides is 1. The molecule has 2 aromatic rings. The van der Waals surface area contributed by atoms with Gasteiger partial charge in [-0.2, -0.15) is 4.31 Å². The number of alkyl carbamates (subject to hydrolysis) is 1. The highest BCUT2D eigenvalue weighted by atomic mass is 32.2. The van der Waals surface area contributed by atoms with Crippen molar-refractivity contribution in [3.8, 4) is 0 Å². The lowest BCUT2D eigenvalue weighted by atomic mass is 9.86. The maximum atomic E-state index is 14.3. The van der Waals surface area contributed by atoms with Gasteiger partial charge in [0.25, 0.3) is 0 Å². The maximum absolute atomic E-state index is 14.3. The standard InChI is InChI=1S/C33H51N3O7S/c1-31(2,3)43-30(38)34-28(21-25-13-10-9-11-14-25)29(37)23-36(24-32(4,5)17-18-33(6)41-19-20-42-33)44(39,40)27-16-12-15-26(22-27)35(7)8/h9-16,22,28-29,37H,17-21,23-24H2,1-8H3,(H,34,38)/t28-,29+/m0/s1. The summed E-state index contributed by atoms with van der Waals surface area (Å²) in [5.41, 5.74) is 0.373. The van der Waals surface area contributed by atoms with Gasteiger partial charge >= 0.3 is 6.09 Å². The maximum Gasteiger partial charge on any atom is 0.407 e. The second kappa shape index (κ2) is 14.6.